The second-order valence-corrected chi connectivity index (χ2v) is 5.26. The number of hydrogen-bond acceptors (Lipinski definition) is 3. The predicted molar refractivity (Wildman–Crippen MR) is 84.7 cm³/mol. The maximum Gasteiger partial charge on any atom is 0.196 e. The molecule has 3 heteroatoms. The second-order valence-electron chi connectivity index (χ2n) is 5.26. The number of allylic oxidation sites excluding steroid dienone is 1. The summed E-state index contributed by atoms with van der Waals surface area (Å²) in [7, 11) is 0. The highest BCUT2D eigenvalue weighted by molar-refractivity contribution is 5.88. The lowest BCUT2D eigenvalue weighted by atomic mass is 10.1. The van der Waals surface area contributed by atoms with Crippen molar-refractivity contribution in [1.29, 1.82) is 5.26 Å². The largest absolute Gasteiger partial charge is 0.441 e. The van der Waals surface area contributed by atoms with Gasteiger partial charge in [-0.15, -0.1) is 0 Å². The van der Waals surface area contributed by atoms with Gasteiger partial charge in [0.2, 0.25) is 0 Å². The number of anilines is 1. The molecule has 106 valence electrons. The van der Waals surface area contributed by atoms with Crippen LogP contribution < -0.4 is 4.90 Å². The Kier molecular flexibility index (Phi) is 4.07. The van der Waals surface area contributed by atoms with Crippen molar-refractivity contribution in [3.63, 3.8) is 0 Å². The summed E-state index contributed by atoms with van der Waals surface area (Å²) in [5, 5.41) is 9.33. The number of rotatable bonds is 3. The van der Waals surface area contributed by atoms with Gasteiger partial charge < -0.3 is 9.32 Å². The zero-order valence-electron chi connectivity index (χ0n) is 12.0. The van der Waals surface area contributed by atoms with Crippen LogP contribution in [0, 0.1) is 11.3 Å². The van der Waals surface area contributed by atoms with Crippen LogP contribution in [0.1, 0.15) is 30.6 Å². The van der Waals surface area contributed by atoms with Gasteiger partial charge in [0.15, 0.2) is 5.88 Å². The third-order valence-electron chi connectivity index (χ3n) is 3.77. The van der Waals surface area contributed by atoms with Gasteiger partial charge in [-0.25, -0.2) is 0 Å². The molecule has 1 aliphatic rings. The first-order valence-electron chi connectivity index (χ1n) is 7.39. The van der Waals surface area contributed by atoms with Crippen LogP contribution in [0.5, 0.6) is 0 Å². The van der Waals surface area contributed by atoms with Crippen LogP contribution in [0.4, 0.5) is 5.88 Å². The van der Waals surface area contributed by atoms with Crippen LogP contribution in [0.2, 0.25) is 0 Å². The van der Waals surface area contributed by atoms with Crippen molar-refractivity contribution in [3.05, 3.63) is 53.8 Å². The highest BCUT2D eigenvalue weighted by Gasteiger charge is 2.14. The first-order chi connectivity index (χ1) is 10.4. The molecular weight excluding hydrogens is 260 g/mol. The van der Waals surface area contributed by atoms with E-state index in [1.165, 1.54) is 19.3 Å². The van der Waals surface area contributed by atoms with Crippen LogP contribution in [0.3, 0.4) is 0 Å². The molecule has 3 nitrogen and oxygen atoms in total. The van der Waals surface area contributed by atoms with Gasteiger partial charge in [-0.1, -0.05) is 30.3 Å². The minimum Gasteiger partial charge on any atom is -0.441 e. The molecule has 0 bridgehead atoms. The Morgan fingerprint density at radius 1 is 1.05 bits per heavy atom. The standard InChI is InChI=1S/C18H18N2O/c19-14-16(15-7-3-1-4-8-15)13-17-9-10-18(21-17)20-11-5-2-6-12-20/h1,3-4,7-10,13H,2,5-6,11-12H2/b16-13+. The van der Waals surface area contributed by atoms with E-state index in [1.54, 1.807) is 0 Å². The van der Waals surface area contributed by atoms with Gasteiger partial charge in [0.1, 0.15) is 5.76 Å². The van der Waals surface area contributed by atoms with Crippen molar-refractivity contribution in [1.82, 2.24) is 0 Å². The first-order valence-corrected chi connectivity index (χ1v) is 7.39. The quantitative estimate of drug-likeness (QED) is 0.784. The number of benzene rings is 1. The number of piperidine rings is 1. The van der Waals surface area contributed by atoms with Crippen molar-refractivity contribution in [2.45, 2.75) is 19.3 Å². The van der Waals surface area contributed by atoms with E-state index in [9.17, 15) is 5.26 Å². The van der Waals surface area contributed by atoms with Gasteiger partial charge in [0.25, 0.3) is 0 Å². The summed E-state index contributed by atoms with van der Waals surface area (Å²) in [6, 6.07) is 15.9. The van der Waals surface area contributed by atoms with Crippen molar-refractivity contribution in [2.24, 2.45) is 0 Å². The normalized spacial score (nSPS) is 15.8. The third kappa shape index (κ3) is 3.17. The van der Waals surface area contributed by atoms with Gasteiger partial charge in [-0.3, -0.25) is 0 Å². The molecule has 0 saturated carbocycles. The van der Waals surface area contributed by atoms with E-state index in [4.69, 9.17) is 4.42 Å². The van der Waals surface area contributed by atoms with Crippen molar-refractivity contribution in [2.75, 3.05) is 18.0 Å². The van der Waals surface area contributed by atoms with Crippen molar-refractivity contribution < 1.29 is 4.42 Å². The molecule has 2 aromatic rings. The fourth-order valence-corrected chi connectivity index (χ4v) is 2.64. The zero-order chi connectivity index (χ0) is 14.5. The van der Waals surface area contributed by atoms with Crippen LogP contribution in [0.15, 0.2) is 46.9 Å². The summed E-state index contributed by atoms with van der Waals surface area (Å²) in [4.78, 5) is 2.27. The highest BCUT2D eigenvalue weighted by atomic mass is 16.4. The number of nitriles is 1. The van der Waals surface area contributed by atoms with E-state index in [1.807, 2.05) is 48.5 Å². The molecule has 1 aliphatic heterocycles. The minimum atomic E-state index is 0.621. The van der Waals surface area contributed by atoms with Gasteiger partial charge >= 0.3 is 0 Å². The van der Waals surface area contributed by atoms with E-state index in [2.05, 4.69) is 11.0 Å². The Labute approximate surface area is 125 Å². The Hall–Kier alpha value is -2.47. The lowest BCUT2D eigenvalue weighted by Crippen LogP contribution is -2.28. The van der Waals surface area contributed by atoms with Crippen LogP contribution in [0.25, 0.3) is 11.6 Å². The van der Waals surface area contributed by atoms with E-state index in [-0.39, 0.29) is 0 Å². The average molecular weight is 278 g/mol. The molecule has 1 aromatic heterocycles. The maximum absolute atomic E-state index is 9.33. The van der Waals surface area contributed by atoms with E-state index < -0.39 is 0 Å². The topological polar surface area (TPSA) is 40.2 Å². The SMILES string of the molecule is N#C/C(=C\c1ccc(N2CCCCC2)o1)c1ccccc1. The molecular formula is C18H18N2O. The lowest BCUT2D eigenvalue weighted by Gasteiger charge is -2.25. The van der Waals surface area contributed by atoms with Gasteiger partial charge in [-0.05, 0) is 37.0 Å². The molecule has 1 aromatic carbocycles. The molecule has 0 atom stereocenters. The summed E-state index contributed by atoms with van der Waals surface area (Å²) in [6.07, 6.45) is 5.55. The van der Waals surface area contributed by atoms with E-state index in [0.29, 0.717) is 5.57 Å². The second kappa shape index (κ2) is 6.32. The molecule has 0 aliphatic carbocycles. The van der Waals surface area contributed by atoms with Gasteiger partial charge in [0, 0.05) is 19.2 Å². The molecule has 2 heterocycles. The smallest absolute Gasteiger partial charge is 0.196 e. The molecule has 0 spiro atoms. The fourth-order valence-electron chi connectivity index (χ4n) is 2.64. The molecule has 0 amide bonds. The van der Waals surface area contributed by atoms with Crippen LogP contribution in [-0.4, -0.2) is 13.1 Å². The van der Waals surface area contributed by atoms with Crippen LogP contribution in [-0.2, 0) is 0 Å². The Morgan fingerprint density at radius 2 is 1.81 bits per heavy atom. The summed E-state index contributed by atoms with van der Waals surface area (Å²) in [6.45, 7) is 2.11. The Morgan fingerprint density at radius 3 is 2.52 bits per heavy atom. The molecule has 1 fully saturated rings. The fraction of sp³-hybridized carbons (Fsp3) is 0.278. The summed E-state index contributed by atoms with van der Waals surface area (Å²) < 4.78 is 5.88. The average Bonchev–Trinajstić information content (AvgIpc) is 3.03. The summed E-state index contributed by atoms with van der Waals surface area (Å²) >= 11 is 0. The predicted octanol–water partition coefficient (Wildman–Crippen LogP) is 4.33. The molecule has 21 heavy (non-hydrogen) atoms. The summed E-state index contributed by atoms with van der Waals surface area (Å²) in [5.74, 6) is 1.64. The zero-order valence-corrected chi connectivity index (χ0v) is 12.0. The third-order valence-corrected chi connectivity index (χ3v) is 3.77. The number of hydrogen-bond donors (Lipinski definition) is 0. The number of nitrogens with zero attached hydrogens (tertiary/aromatic N) is 2. The molecule has 1 saturated heterocycles. The maximum atomic E-state index is 9.33. The highest BCUT2D eigenvalue weighted by Crippen LogP contribution is 2.25. The Bertz CT molecular complexity index is 658. The van der Waals surface area contributed by atoms with Crippen LogP contribution >= 0.6 is 0 Å². The van der Waals surface area contributed by atoms with Crippen molar-refractivity contribution in [3.8, 4) is 6.07 Å². The summed E-state index contributed by atoms with van der Waals surface area (Å²) in [5.41, 5.74) is 1.53. The molecule has 0 N–H and O–H groups in total. The lowest BCUT2D eigenvalue weighted by molar-refractivity contribution is 0.496. The first kappa shape index (κ1) is 13.5. The minimum absolute atomic E-state index is 0.621. The monoisotopic (exact) mass is 278 g/mol. The molecule has 0 radical (unpaired) electrons. The van der Waals surface area contributed by atoms with Gasteiger partial charge in [0.05, 0.1) is 11.6 Å². The number of furan rings is 1. The molecule has 3 rings (SSSR count). The van der Waals surface area contributed by atoms with Crippen molar-refractivity contribution >= 4 is 17.5 Å². The van der Waals surface area contributed by atoms with E-state index in [0.717, 1.165) is 30.3 Å². The Balaban J connectivity index is 1.82. The molecule has 0 unspecified atom stereocenters. The van der Waals surface area contributed by atoms with E-state index >= 15 is 0 Å². The van der Waals surface area contributed by atoms with Gasteiger partial charge in [-0.2, -0.15) is 5.26 Å².